The molecule has 0 unspecified atom stereocenters. The minimum atomic E-state index is 0.496. The lowest BCUT2D eigenvalue weighted by Crippen LogP contribution is -2.26. The van der Waals surface area contributed by atoms with Crippen molar-refractivity contribution in [3.63, 3.8) is 0 Å². The zero-order chi connectivity index (χ0) is 7.73. The standard InChI is InChI=1S/C9H16N2/c1-2-11-8-9(7-10-11)5-3-4-6-9/h7H,2-6,8H2,1H3. The van der Waals surface area contributed by atoms with Gasteiger partial charge in [0, 0.05) is 24.7 Å². The van der Waals surface area contributed by atoms with E-state index in [0.29, 0.717) is 5.41 Å². The molecule has 0 bridgehead atoms. The van der Waals surface area contributed by atoms with Crippen LogP contribution in [0, 0.1) is 5.41 Å². The van der Waals surface area contributed by atoms with Gasteiger partial charge in [-0.05, 0) is 19.8 Å². The van der Waals surface area contributed by atoms with Gasteiger partial charge in [0.2, 0.25) is 0 Å². The van der Waals surface area contributed by atoms with Gasteiger partial charge in [-0.1, -0.05) is 12.8 Å². The third kappa shape index (κ3) is 1.15. The van der Waals surface area contributed by atoms with Gasteiger partial charge in [0.25, 0.3) is 0 Å². The quantitative estimate of drug-likeness (QED) is 0.560. The Morgan fingerprint density at radius 3 is 2.73 bits per heavy atom. The molecule has 0 radical (unpaired) electrons. The molecule has 1 fully saturated rings. The number of hydrogen-bond donors (Lipinski definition) is 0. The van der Waals surface area contributed by atoms with Gasteiger partial charge >= 0.3 is 0 Å². The first-order valence-corrected chi connectivity index (χ1v) is 4.65. The molecule has 1 spiro atoms. The average molecular weight is 152 g/mol. The second-order valence-corrected chi connectivity index (χ2v) is 3.79. The fourth-order valence-electron chi connectivity index (χ4n) is 2.21. The van der Waals surface area contributed by atoms with E-state index in [1.54, 1.807) is 0 Å². The highest BCUT2D eigenvalue weighted by molar-refractivity contribution is 5.68. The Kier molecular flexibility index (Phi) is 1.63. The van der Waals surface area contributed by atoms with Gasteiger partial charge in [-0.2, -0.15) is 5.10 Å². The molecule has 1 heterocycles. The maximum atomic E-state index is 4.40. The molecular weight excluding hydrogens is 136 g/mol. The molecule has 2 rings (SSSR count). The number of nitrogens with zero attached hydrogens (tertiary/aromatic N) is 2. The predicted octanol–water partition coefficient (Wildman–Crippen LogP) is 1.87. The van der Waals surface area contributed by atoms with Crippen molar-refractivity contribution in [2.24, 2.45) is 10.5 Å². The molecule has 2 nitrogen and oxygen atoms in total. The smallest absolute Gasteiger partial charge is 0.0466 e. The first-order valence-electron chi connectivity index (χ1n) is 4.65. The van der Waals surface area contributed by atoms with E-state index in [9.17, 15) is 0 Å². The topological polar surface area (TPSA) is 15.6 Å². The van der Waals surface area contributed by atoms with Crippen molar-refractivity contribution in [3.8, 4) is 0 Å². The molecule has 1 aliphatic carbocycles. The number of hydrazone groups is 1. The van der Waals surface area contributed by atoms with Gasteiger partial charge in [-0.3, -0.25) is 5.01 Å². The first kappa shape index (κ1) is 7.14. The minimum absolute atomic E-state index is 0.496. The molecule has 62 valence electrons. The van der Waals surface area contributed by atoms with Gasteiger partial charge in [0.15, 0.2) is 0 Å². The van der Waals surface area contributed by atoms with Gasteiger partial charge in [0.05, 0.1) is 0 Å². The SMILES string of the molecule is CCN1CC2(C=N1)CCCC2. The van der Waals surface area contributed by atoms with E-state index >= 15 is 0 Å². The molecule has 0 aromatic heterocycles. The van der Waals surface area contributed by atoms with E-state index in [1.807, 2.05) is 0 Å². The maximum absolute atomic E-state index is 4.40. The van der Waals surface area contributed by atoms with Crippen LogP contribution in [0.1, 0.15) is 32.6 Å². The Labute approximate surface area is 68.3 Å². The molecule has 11 heavy (non-hydrogen) atoms. The third-order valence-electron chi connectivity index (χ3n) is 2.96. The largest absolute Gasteiger partial charge is 0.297 e. The highest BCUT2D eigenvalue weighted by Gasteiger charge is 2.36. The summed E-state index contributed by atoms with van der Waals surface area (Å²) in [5.74, 6) is 0. The summed E-state index contributed by atoms with van der Waals surface area (Å²) in [6, 6.07) is 0. The summed E-state index contributed by atoms with van der Waals surface area (Å²) in [6.07, 6.45) is 7.75. The summed E-state index contributed by atoms with van der Waals surface area (Å²) in [5.41, 5.74) is 0.496. The summed E-state index contributed by atoms with van der Waals surface area (Å²) in [7, 11) is 0. The number of hydrogen-bond acceptors (Lipinski definition) is 2. The first-order chi connectivity index (χ1) is 5.35. The molecule has 0 saturated heterocycles. The molecule has 0 aromatic rings. The molecule has 0 amide bonds. The Morgan fingerprint density at radius 1 is 1.45 bits per heavy atom. The van der Waals surface area contributed by atoms with Crippen LogP contribution in [0.15, 0.2) is 5.10 Å². The van der Waals surface area contributed by atoms with Gasteiger partial charge < -0.3 is 0 Å². The van der Waals surface area contributed by atoms with Crippen molar-refractivity contribution in [2.75, 3.05) is 13.1 Å². The second kappa shape index (κ2) is 2.50. The monoisotopic (exact) mass is 152 g/mol. The fourth-order valence-corrected chi connectivity index (χ4v) is 2.21. The van der Waals surface area contributed by atoms with Crippen molar-refractivity contribution < 1.29 is 0 Å². The van der Waals surface area contributed by atoms with Crippen LogP contribution in [0.3, 0.4) is 0 Å². The van der Waals surface area contributed by atoms with Crippen LogP contribution in [0.25, 0.3) is 0 Å². The van der Waals surface area contributed by atoms with E-state index in [1.165, 1.54) is 32.2 Å². The Hall–Kier alpha value is -0.530. The summed E-state index contributed by atoms with van der Waals surface area (Å²) in [6.45, 7) is 4.42. The van der Waals surface area contributed by atoms with Crippen molar-refractivity contribution >= 4 is 6.21 Å². The van der Waals surface area contributed by atoms with Crippen molar-refractivity contribution in [3.05, 3.63) is 0 Å². The van der Waals surface area contributed by atoms with Gasteiger partial charge in [-0.25, -0.2) is 0 Å². The summed E-state index contributed by atoms with van der Waals surface area (Å²) in [4.78, 5) is 0. The maximum Gasteiger partial charge on any atom is 0.0466 e. The van der Waals surface area contributed by atoms with E-state index in [0.717, 1.165) is 6.54 Å². The van der Waals surface area contributed by atoms with E-state index in [-0.39, 0.29) is 0 Å². The van der Waals surface area contributed by atoms with Gasteiger partial charge in [-0.15, -0.1) is 0 Å². The predicted molar refractivity (Wildman–Crippen MR) is 46.6 cm³/mol. The lowest BCUT2D eigenvalue weighted by atomic mass is 9.88. The molecule has 2 aliphatic rings. The van der Waals surface area contributed by atoms with Crippen LogP contribution in [0.4, 0.5) is 0 Å². The summed E-state index contributed by atoms with van der Waals surface area (Å²) >= 11 is 0. The Morgan fingerprint density at radius 2 is 2.18 bits per heavy atom. The molecule has 0 aromatic carbocycles. The van der Waals surface area contributed by atoms with Crippen LogP contribution in [0.2, 0.25) is 0 Å². The molecule has 1 aliphatic heterocycles. The van der Waals surface area contributed by atoms with Crippen molar-refractivity contribution in [1.29, 1.82) is 0 Å². The Bertz CT molecular complexity index is 168. The fraction of sp³-hybridized carbons (Fsp3) is 0.889. The summed E-state index contributed by atoms with van der Waals surface area (Å²) in [5, 5.41) is 6.58. The summed E-state index contributed by atoms with van der Waals surface area (Å²) < 4.78 is 0. The second-order valence-electron chi connectivity index (χ2n) is 3.79. The average Bonchev–Trinajstić information content (AvgIpc) is 2.62. The Balaban J connectivity index is 2.03. The van der Waals surface area contributed by atoms with Crippen LogP contribution in [0.5, 0.6) is 0 Å². The van der Waals surface area contributed by atoms with E-state index in [4.69, 9.17) is 0 Å². The third-order valence-corrected chi connectivity index (χ3v) is 2.96. The van der Waals surface area contributed by atoms with Crippen LogP contribution in [-0.4, -0.2) is 24.3 Å². The number of rotatable bonds is 1. The highest BCUT2D eigenvalue weighted by atomic mass is 15.5. The molecular formula is C9H16N2. The normalized spacial score (nSPS) is 27.2. The lowest BCUT2D eigenvalue weighted by molar-refractivity contribution is 0.259. The van der Waals surface area contributed by atoms with Crippen LogP contribution in [-0.2, 0) is 0 Å². The van der Waals surface area contributed by atoms with Crippen molar-refractivity contribution in [1.82, 2.24) is 5.01 Å². The minimum Gasteiger partial charge on any atom is -0.297 e. The molecule has 0 N–H and O–H groups in total. The zero-order valence-corrected chi connectivity index (χ0v) is 7.21. The molecule has 0 atom stereocenters. The van der Waals surface area contributed by atoms with Crippen molar-refractivity contribution in [2.45, 2.75) is 32.6 Å². The zero-order valence-electron chi connectivity index (χ0n) is 7.21. The van der Waals surface area contributed by atoms with Crippen LogP contribution >= 0.6 is 0 Å². The van der Waals surface area contributed by atoms with E-state index < -0.39 is 0 Å². The highest BCUT2D eigenvalue weighted by Crippen LogP contribution is 2.39. The van der Waals surface area contributed by atoms with Gasteiger partial charge in [0.1, 0.15) is 0 Å². The molecule has 1 saturated carbocycles. The van der Waals surface area contributed by atoms with Crippen LogP contribution < -0.4 is 0 Å². The molecule has 2 heteroatoms. The lowest BCUT2D eigenvalue weighted by Gasteiger charge is -2.21. The van der Waals surface area contributed by atoms with E-state index in [2.05, 4.69) is 23.2 Å².